The molecule has 0 aromatic heterocycles. The summed E-state index contributed by atoms with van der Waals surface area (Å²) in [7, 11) is 0. The number of carbonyl (C=O) groups is 1. The third kappa shape index (κ3) is 1.99. The Morgan fingerprint density at radius 1 is 1.55 bits per heavy atom. The van der Waals surface area contributed by atoms with Crippen molar-refractivity contribution in [2.24, 2.45) is 5.92 Å². The Labute approximate surface area is 60.2 Å². The minimum absolute atomic E-state index is 0.129. The Bertz CT molecular complexity index is 179. The first-order valence-corrected chi connectivity index (χ1v) is 2.97. The maximum atomic E-state index is 11.7. The molecule has 0 unspecified atom stereocenters. The molecule has 6 heteroatoms. The fourth-order valence-electron chi connectivity index (χ4n) is 0.875. The SMILES string of the molecule is O=C(O)N[C@H]1C[C@@H]1C(F)(F)F. The molecule has 0 aliphatic heterocycles. The summed E-state index contributed by atoms with van der Waals surface area (Å²) in [5.74, 6) is -1.47. The van der Waals surface area contributed by atoms with Crippen molar-refractivity contribution in [3.8, 4) is 0 Å². The van der Waals surface area contributed by atoms with E-state index in [-0.39, 0.29) is 6.42 Å². The summed E-state index contributed by atoms with van der Waals surface area (Å²) in [6.45, 7) is 0. The molecule has 2 N–H and O–H groups in total. The number of nitrogens with one attached hydrogen (secondary N) is 1. The number of alkyl halides is 3. The predicted octanol–water partition coefficient (Wildman–Crippen LogP) is 1.20. The number of hydrogen-bond donors (Lipinski definition) is 2. The zero-order chi connectivity index (χ0) is 8.65. The first-order valence-electron chi connectivity index (χ1n) is 2.97. The average Bonchev–Trinajstić information content (AvgIpc) is 2.40. The van der Waals surface area contributed by atoms with Crippen molar-refractivity contribution in [1.29, 1.82) is 0 Å². The van der Waals surface area contributed by atoms with Crippen LogP contribution in [-0.2, 0) is 0 Å². The van der Waals surface area contributed by atoms with E-state index in [1.54, 1.807) is 5.32 Å². The number of amides is 1. The highest BCUT2D eigenvalue weighted by Gasteiger charge is 2.56. The first-order chi connectivity index (χ1) is 4.91. The normalized spacial score (nSPS) is 29.7. The van der Waals surface area contributed by atoms with Crippen LogP contribution in [0.15, 0.2) is 0 Å². The van der Waals surface area contributed by atoms with E-state index < -0.39 is 24.2 Å². The van der Waals surface area contributed by atoms with Gasteiger partial charge >= 0.3 is 12.3 Å². The highest BCUT2D eigenvalue weighted by molar-refractivity contribution is 5.65. The fraction of sp³-hybridized carbons (Fsp3) is 0.800. The molecular formula is C5H6F3NO2. The molecule has 0 bridgehead atoms. The van der Waals surface area contributed by atoms with Gasteiger partial charge in [0, 0.05) is 6.04 Å². The first kappa shape index (κ1) is 8.16. The van der Waals surface area contributed by atoms with Crippen LogP contribution in [0.2, 0.25) is 0 Å². The van der Waals surface area contributed by atoms with E-state index in [1.807, 2.05) is 0 Å². The molecule has 1 aliphatic rings. The molecule has 0 aromatic carbocycles. The van der Waals surface area contributed by atoms with Gasteiger partial charge in [-0.05, 0) is 6.42 Å². The van der Waals surface area contributed by atoms with Crippen LogP contribution in [0.4, 0.5) is 18.0 Å². The van der Waals surface area contributed by atoms with E-state index in [1.165, 1.54) is 0 Å². The molecule has 0 aromatic rings. The van der Waals surface area contributed by atoms with Gasteiger partial charge in [-0.15, -0.1) is 0 Å². The second-order valence-corrected chi connectivity index (χ2v) is 2.44. The molecule has 0 spiro atoms. The van der Waals surface area contributed by atoms with Crippen LogP contribution in [0.3, 0.4) is 0 Å². The van der Waals surface area contributed by atoms with Gasteiger partial charge in [0.05, 0.1) is 5.92 Å². The molecule has 11 heavy (non-hydrogen) atoms. The predicted molar refractivity (Wildman–Crippen MR) is 29.1 cm³/mol. The summed E-state index contributed by atoms with van der Waals surface area (Å²) in [4.78, 5) is 9.84. The van der Waals surface area contributed by atoms with Crippen LogP contribution in [-0.4, -0.2) is 23.4 Å². The van der Waals surface area contributed by atoms with Gasteiger partial charge in [0.25, 0.3) is 0 Å². The smallest absolute Gasteiger partial charge is 0.404 e. The zero-order valence-corrected chi connectivity index (χ0v) is 5.35. The third-order valence-corrected chi connectivity index (χ3v) is 1.52. The number of rotatable bonds is 1. The second kappa shape index (κ2) is 2.28. The molecule has 0 saturated heterocycles. The van der Waals surface area contributed by atoms with Crippen molar-refractivity contribution in [2.45, 2.75) is 18.6 Å². The lowest BCUT2D eigenvalue weighted by Gasteiger charge is -2.03. The number of halogens is 3. The van der Waals surface area contributed by atoms with Crippen LogP contribution >= 0.6 is 0 Å². The van der Waals surface area contributed by atoms with Crippen LogP contribution < -0.4 is 5.32 Å². The van der Waals surface area contributed by atoms with E-state index >= 15 is 0 Å². The van der Waals surface area contributed by atoms with Gasteiger partial charge < -0.3 is 10.4 Å². The Balaban J connectivity index is 2.32. The molecule has 1 amide bonds. The summed E-state index contributed by atoms with van der Waals surface area (Å²) in [5.41, 5.74) is 0. The maximum absolute atomic E-state index is 11.7. The largest absolute Gasteiger partial charge is 0.465 e. The quantitative estimate of drug-likeness (QED) is 0.619. The molecule has 2 atom stereocenters. The summed E-state index contributed by atoms with van der Waals surface area (Å²) in [5, 5.41) is 9.80. The lowest BCUT2D eigenvalue weighted by molar-refractivity contribution is -0.148. The van der Waals surface area contributed by atoms with Crippen LogP contribution in [0.1, 0.15) is 6.42 Å². The minimum Gasteiger partial charge on any atom is -0.465 e. The molecule has 3 nitrogen and oxygen atoms in total. The van der Waals surface area contributed by atoms with E-state index in [9.17, 15) is 18.0 Å². The zero-order valence-electron chi connectivity index (χ0n) is 5.35. The van der Waals surface area contributed by atoms with Gasteiger partial charge in [0.15, 0.2) is 0 Å². The minimum atomic E-state index is -4.26. The summed E-state index contributed by atoms with van der Waals surface area (Å²) in [6.07, 6.45) is -5.79. The standard InChI is InChI=1S/C5H6F3NO2/c6-5(7,8)2-1-3(2)9-4(10)11/h2-3,9H,1H2,(H,10,11)/t2-,3-/m0/s1. The average molecular weight is 169 g/mol. The van der Waals surface area contributed by atoms with E-state index in [0.717, 1.165) is 0 Å². The Kier molecular flexibility index (Phi) is 1.69. The van der Waals surface area contributed by atoms with Crippen molar-refractivity contribution in [1.82, 2.24) is 5.32 Å². The van der Waals surface area contributed by atoms with Crippen LogP contribution in [0.25, 0.3) is 0 Å². The van der Waals surface area contributed by atoms with Crippen LogP contribution in [0.5, 0.6) is 0 Å². The summed E-state index contributed by atoms with van der Waals surface area (Å²) >= 11 is 0. The van der Waals surface area contributed by atoms with E-state index in [0.29, 0.717) is 0 Å². The summed E-state index contributed by atoms with van der Waals surface area (Å²) in [6, 6.07) is -0.924. The van der Waals surface area contributed by atoms with Crippen LogP contribution in [0, 0.1) is 5.92 Å². The topological polar surface area (TPSA) is 49.3 Å². The van der Waals surface area contributed by atoms with Gasteiger partial charge in [-0.1, -0.05) is 0 Å². The summed E-state index contributed by atoms with van der Waals surface area (Å²) < 4.78 is 35.1. The molecule has 1 saturated carbocycles. The van der Waals surface area contributed by atoms with Gasteiger partial charge in [-0.3, -0.25) is 0 Å². The lowest BCUT2D eigenvalue weighted by Crippen LogP contribution is -2.28. The number of carboxylic acid groups (broad SMARTS) is 1. The molecule has 0 radical (unpaired) electrons. The van der Waals surface area contributed by atoms with Crippen molar-refractivity contribution in [3.05, 3.63) is 0 Å². The van der Waals surface area contributed by atoms with Crippen molar-refractivity contribution in [2.75, 3.05) is 0 Å². The Hall–Kier alpha value is -0.940. The van der Waals surface area contributed by atoms with Gasteiger partial charge in [0.1, 0.15) is 0 Å². The van der Waals surface area contributed by atoms with Gasteiger partial charge in [-0.25, -0.2) is 4.79 Å². The fourth-order valence-corrected chi connectivity index (χ4v) is 0.875. The molecular weight excluding hydrogens is 163 g/mol. The Morgan fingerprint density at radius 2 is 2.09 bits per heavy atom. The Morgan fingerprint density at radius 3 is 2.36 bits per heavy atom. The van der Waals surface area contributed by atoms with Gasteiger partial charge in [-0.2, -0.15) is 13.2 Å². The maximum Gasteiger partial charge on any atom is 0.404 e. The van der Waals surface area contributed by atoms with Crippen molar-refractivity contribution in [3.63, 3.8) is 0 Å². The second-order valence-electron chi connectivity index (χ2n) is 2.44. The third-order valence-electron chi connectivity index (χ3n) is 1.52. The highest BCUT2D eigenvalue weighted by Crippen LogP contribution is 2.44. The van der Waals surface area contributed by atoms with E-state index in [2.05, 4.69) is 0 Å². The number of hydrogen-bond acceptors (Lipinski definition) is 1. The molecule has 0 heterocycles. The lowest BCUT2D eigenvalue weighted by atomic mass is 10.4. The van der Waals surface area contributed by atoms with Gasteiger partial charge in [0.2, 0.25) is 0 Å². The van der Waals surface area contributed by atoms with Crippen molar-refractivity contribution < 1.29 is 23.1 Å². The molecule has 1 rings (SSSR count). The van der Waals surface area contributed by atoms with Crippen molar-refractivity contribution >= 4 is 6.09 Å². The molecule has 64 valence electrons. The van der Waals surface area contributed by atoms with E-state index in [4.69, 9.17) is 5.11 Å². The highest BCUT2D eigenvalue weighted by atomic mass is 19.4. The molecule has 1 fully saturated rings. The monoisotopic (exact) mass is 169 g/mol. The molecule has 1 aliphatic carbocycles.